The van der Waals surface area contributed by atoms with E-state index in [0.717, 1.165) is 0 Å². The number of amides is 4. The molecule has 4 amide bonds. The maximum absolute atomic E-state index is 11.2. The molecule has 67 valence electrons. The van der Waals surface area contributed by atoms with Crippen LogP contribution in [0.2, 0.25) is 0 Å². The first-order valence-corrected chi connectivity index (χ1v) is 3.67. The Bertz CT molecular complexity index is 244. The predicted molar refractivity (Wildman–Crippen MR) is 45.8 cm³/mol. The van der Waals surface area contributed by atoms with Crippen LogP contribution in [0.3, 0.4) is 0 Å². The molecule has 1 aliphatic heterocycles. The van der Waals surface area contributed by atoms with E-state index in [4.69, 9.17) is 0 Å². The van der Waals surface area contributed by atoms with Crippen molar-refractivity contribution in [2.45, 2.75) is 20.3 Å². The molecule has 2 N–H and O–H groups in total. The molecule has 13 heavy (non-hydrogen) atoms. The molecule has 1 aliphatic rings. The first kappa shape index (κ1) is 12.6. The van der Waals surface area contributed by atoms with Crippen LogP contribution >= 0.6 is 0 Å². The number of carbonyl (C=O) groups excluding carboxylic acids is 3. The fourth-order valence-corrected chi connectivity index (χ4v) is 0.938. The standard InChI is InChI=1S/C7H10N2O3.Na/c1-3-7(2)4(10)8-6(12)9-5(7)11;/h3H2,1-2H3,(H2,8,9,10,11,12);. The van der Waals surface area contributed by atoms with Gasteiger partial charge in [-0.2, -0.15) is 0 Å². The third-order valence-corrected chi connectivity index (χ3v) is 2.16. The summed E-state index contributed by atoms with van der Waals surface area (Å²) in [4.78, 5) is 33.0. The van der Waals surface area contributed by atoms with Crippen LogP contribution in [0.25, 0.3) is 0 Å². The van der Waals surface area contributed by atoms with E-state index < -0.39 is 23.3 Å². The number of hydrogen-bond acceptors (Lipinski definition) is 3. The normalized spacial score (nSPS) is 20.0. The van der Waals surface area contributed by atoms with Crippen molar-refractivity contribution in [1.29, 1.82) is 0 Å². The van der Waals surface area contributed by atoms with E-state index in [1.54, 1.807) is 6.92 Å². The molecule has 0 aromatic rings. The summed E-state index contributed by atoms with van der Waals surface area (Å²) in [7, 11) is 0. The summed E-state index contributed by atoms with van der Waals surface area (Å²) in [5.41, 5.74) is -1.10. The summed E-state index contributed by atoms with van der Waals surface area (Å²) in [5.74, 6) is -1.06. The van der Waals surface area contributed by atoms with Crippen molar-refractivity contribution in [3.8, 4) is 0 Å². The number of rotatable bonds is 1. The molecule has 1 saturated heterocycles. The second-order valence-corrected chi connectivity index (χ2v) is 2.92. The molecule has 0 bridgehead atoms. The first-order chi connectivity index (χ1) is 5.50. The second kappa shape index (κ2) is 4.21. The van der Waals surface area contributed by atoms with Crippen LogP contribution < -0.4 is 10.6 Å². The van der Waals surface area contributed by atoms with Gasteiger partial charge in [0.1, 0.15) is 5.41 Å². The molecular weight excluding hydrogens is 183 g/mol. The van der Waals surface area contributed by atoms with Crippen molar-refractivity contribution < 1.29 is 14.4 Å². The third kappa shape index (κ3) is 2.10. The summed E-state index contributed by atoms with van der Waals surface area (Å²) in [6.45, 7) is 3.22. The number of imide groups is 2. The molecule has 1 rings (SSSR count). The van der Waals surface area contributed by atoms with Gasteiger partial charge in [0.25, 0.3) is 0 Å². The monoisotopic (exact) mass is 193 g/mol. The average molecular weight is 193 g/mol. The minimum absolute atomic E-state index is 0. The smallest absolute Gasteiger partial charge is 0.277 e. The number of carbonyl (C=O) groups is 3. The Morgan fingerprint density at radius 3 is 1.85 bits per heavy atom. The van der Waals surface area contributed by atoms with E-state index in [2.05, 4.69) is 0 Å². The minimum atomic E-state index is -1.10. The van der Waals surface area contributed by atoms with Gasteiger partial charge in [-0.05, 0) is 13.3 Å². The van der Waals surface area contributed by atoms with Crippen molar-refractivity contribution in [3.05, 3.63) is 0 Å². The Morgan fingerprint density at radius 1 is 1.15 bits per heavy atom. The fraction of sp³-hybridized carbons (Fsp3) is 0.571. The third-order valence-electron chi connectivity index (χ3n) is 2.16. The number of barbiturate groups is 1. The number of nitrogens with one attached hydrogen (secondary N) is 2. The largest absolute Gasteiger partial charge is 0.328 e. The summed E-state index contributed by atoms with van der Waals surface area (Å²) in [6, 6.07) is -0.740. The van der Waals surface area contributed by atoms with Gasteiger partial charge >= 0.3 is 6.03 Å². The van der Waals surface area contributed by atoms with E-state index in [9.17, 15) is 14.4 Å². The average Bonchev–Trinajstić information content (AvgIpc) is 2.00. The van der Waals surface area contributed by atoms with E-state index in [1.807, 2.05) is 10.6 Å². The molecule has 0 aromatic heterocycles. The SMILES string of the molecule is CCC1(C)C(=O)NC(=O)NC1=O.[Na]. The Morgan fingerprint density at radius 2 is 1.54 bits per heavy atom. The Balaban J connectivity index is 0.00000144. The van der Waals surface area contributed by atoms with Gasteiger partial charge in [-0.15, -0.1) is 0 Å². The van der Waals surface area contributed by atoms with Crippen LogP contribution in [0.4, 0.5) is 4.79 Å². The van der Waals surface area contributed by atoms with Gasteiger partial charge in [0.2, 0.25) is 11.8 Å². The molecule has 1 heterocycles. The minimum Gasteiger partial charge on any atom is -0.277 e. The molecule has 0 atom stereocenters. The van der Waals surface area contributed by atoms with Crippen LogP contribution in [0.1, 0.15) is 20.3 Å². The van der Waals surface area contributed by atoms with Gasteiger partial charge in [0, 0.05) is 29.6 Å². The molecule has 6 heteroatoms. The maximum Gasteiger partial charge on any atom is 0.328 e. The molecule has 0 spiro atoms. The first-order valence-electron chi connectivity index (χ1n) is 3.67. The summed E-state index contributed by atoms with van der Waals surface area (Å²) < 4.78 is 0. The quantitative estimate of drug-likeness (QED) is 0.431. The van der Waals surface area contributed by atoms with E-state index in [0.29, 0.717) is 6.42 Å². The van der Waals surface area contributed by atoms with E-state index in [-0.39, 0.29) is 29.6 Å². The zero-order valence-corrected chi connectivity index (χ0v) is 9.93. The molecule has 1 fully saturated rings. The summed E-state index contributed by atoms with van der Waals surface area (Å²) in [6.07, 6.45) is 0.373. The zero-order valence-electron chi connectivity index (χ0n) is 7.93. The van der Waals surface area contributed by atoms with Crippen LogP contribution in [-0.4, -0.2) is 47.4 Å². The van der Waals surface area contributed by atoms with Gasteiger partial charge in [-0.1, -0.05) is 6.92 Å². The Hall–Kier alpha value is -0.390. The van der Waals surface area contributed by atoms with Gasteiger partial charge in [-0.3, -0.25) is 20.2 Å². The molecule has 0 aromatic carbocycles. The van der Waals surface area contributed by atoms with Gasteiger partial charge in [-0.25, -0.2) is 4.79 Å². The van der Waals surface area contributed by atoms with Crippen molar-refractivity contribution in [1.82, 2.24) is 10.6 Å². The van der Waals surface area contributed by atoms with Crippen LogP contribution in [0.5, 0.6) is 0 Å². The molecular formula is C7H10N2NaO3. The molecule has 5 nitrogen and oxygen atoms in total. The molecule has 0 aliphatic carbocycles. The topological polar surface area (TPSA) is 75.3 Å². The molecule has 0 unspecified atom stereocenters. The van der Waals surface area contributed by atoms with E-state index >= 15 is 0 Å². The Labute approximate surface area is 97.9 Å². The maximum atomic E-state index is 11.2. The van der Waals surface area contributed by atoms with E-state index in [1.165, 1.54) is 6.92 Å². The van der Waals surface area contributed by atoms with Crippen molar-refractivity contribution in [2.75, 3.05) is 0 Å². The molecule has 1 radical (unpaired) electrons. The number of urea groups is 1. The van der Waals surface area contributed by atoms with Gasteiger partial charge in [0.05, 0.1) is 0 Å². The van der Waals surface area contributed by atoms with Crippen LogP contribution in [-0.2, 0) is 9.59 Å². The summed E-state index contributed by atoms with van der Waals surface area (Å²) >= 11 is 0. The van der Waals surface area contributed by atoms with Crippen LogP contribution in [0.15, 0.2) is 0 Å². The molecule has 0 saturated carbocycles. The Kier molecular flexibility index (Phi) is 4.09. The fourth-order valence-electron chi connectivity index (χ4n) is 0.938. The van der Waals surface area contributed by atoms with Crippen molar-refractivity contribution in [2.24, 2.45) is 5.41 Å². The second-order valence-electron chi connectivity index (χ2n) is 2.92. The van der Waals surface area contributed by atoms with Gasteiger partial charge < -0.3 is 0 Å². The predicted octanol–water partition coefficient (Wildman–Crippen LogP) is -0.612. The summed E-state index contributed by atoms with van der Waals surface area (Å²) in [5, 5.41) is 4.08. The van der Waals surface area contributed by atoms with Crippen molar-refractivity contribution in [3.63, 3.8) is 0 Å². The van der Waals surface area contributed by atoms with Gasteiger partial charge in [0.15, 0.2) is 0 Å². The van der Waals surface area contributed by atoms with Crippen LogP contribution in [0, 0.1) is 5.41 Å². The zero-order chi connectivity index (χ0) is 9.35. The number of hydrogen-bond donors (Lipinski definition) is 2. The van der Waals surface area contributed by atoms with Crippen molar-refractivity contribution >= 4 is 47.4 Å².